The largest absolute Gasteiger partial charge is 0.334 e. The van der Waals surface area contributed by atoms with E-state index in [4.69, 9.17) is 21.9 Å². The Labute approximate surface area is 150 Å². The molecule has 2 heterocycles. The standard InChI is InChI=1S/C16H16ClN5O.ClH/c17-12-3-5-13(6-4-12)22-10-11(9-19-22)14-20-15(21-23-14)16(18)7-1-2-8-16;/h3-6,9-10H,1-2,7-8,18H2;1H. The molecular weight excluding hydrogens is 349 g/mol. The van der Waals surface area contributed by atoms with Crippen LogP contribution in [0, 0.1) is 0 Å². The number of hydrogen-bond donors (Lipinski definition) is 1. The predicted octanol–water partition coefficient (Wildman–Crippen LogP) is 3.73. The fourth-order valence-corrected chi connectivity index (χ4v) is 3.07. The van der Waals surface area contributed by atoms with E-state index in [0.717, 1.165) is 36.9 Å². The van der Waals surface area contributed by atoms with E-state index in [-0.39, 0.29) is 12.4 Å². The summed E-state index contributed by atoms with van der Waals surface area (Å²) in [5, 5.41) is 9.09. The fourth-order valence-electron chi connectivity index (χ4n) is 2.94. The van der Waals surface area contributed by atoms with Crippen molar-refractivity contribution in [3.8, 4) is 17.1 Å². The van der Waals surface area contributed by atoms with Crippen LogP contribution in [0.4, 0.5) is 0 Å². The SMILES string of the molecule is Cl.NC1(c2noc(-c3cnn(-c4ccc(Cl)cc4)c3)n2)CCCC1. The Morgan fingerprint density at radius 1 is 1.17 bits per heavy atom. The van der Waals surface area contributed by atoms with Gasteiger partial charge in [-0.25, -0.2) is 4.68 Å². The second-order valence-electron chi connectivity index (χ2n) is 5.94. The zero-order valence-electron chi connectivity index (χ0n) is 12.9. The Bertz CT molecular complexity index is 821. The Kier molecular flexibility index (Phi) is 4.62. The minimum atomic E-state index is -0.450. The number of rotatable bonds is 3. The van der Waals surface area contributed by atoms with Crippen LogP contribution in [0.2, 0.25) is 5.02 Å². The Morgan fingerprint density at radius 3 is 2.58 bits per heavy atom. The molecule has 1 fully saturated rings. The molecule has 0 saturated heterocycles. The van der Waals surface area contributed by atoms with Crippen LogP contribution >= 0.6 is 24.0 Å². The molecule has 3 aromatic rings. The number of aromatic nitrogens is 4. The molecule has 8 heteroatoms. The molecule has 1 aliphatic rings. The molecule has 0 bridgehead atoms. The molecule has 0 radical (unpaired) electrons. The van der Waals surface area contributed by atoms with Gasteiger partial charge in [0.15, 0.2) is 5.82 Å². The molecule has 6 nitrogen and oxygen atoms in total. The second-order valence-corrected chi connectivity index (χ2v) is 6.37. The lowest BCUT2D eigenvalue weighted by molar-refractivity contribution is 0.372. The van der Waals surface area contributed by atoms with Crippen LogP contribution in [0.3, 0.4) is 0 Å². The molecule has 0 aliphatic heterocycles. The zero-order valence-corrected chi connectivity index (χ0v) is 14.4. The molecule has 2 N–H and O–H groups in total. The van der Waals surface area contributed by atoms with Gasteiger partial charge in [-0.15, -0.1) is 12.4 Å². The highest BCUT2D eigenvalue weighted by Gasteiger charge is 2.36. The highest BCUT2D eigenvalue weighted by molar-refractivity contribution is 6.30. The normalized spacial score (nSPS) is 16.1. The van der Waals surface area contributed by atoms with Gasteiger partial charge in [-0.05, 0) is 37.1 Å². The lowest BCUT2D eigenvalue weighted by atomic mass is 9.99. The maximum Gasteiger partial charge on any atom is 0.261 e. The summed E-state index contributed by atoms with van der Waals surface area (Å²) in [6, 6.07) is 7.43. The Balaban J connectivity index is 0.00000169. The maximum atomic E-state index is 6.36. The van der Waals surface area contributed by atoms with E-state index in [1.165, 1.54) is 0 Å². The number of benzene rings is 1. The van der Waals surface area contributed by atoms with Crippen molar-refractivity contribution in [2.24, 2.45) is 5.73 Å². The molecule has 0 unspecified atom stereocenters. The first-order valence-corrected chi connectivity index (χ1v) is 7.96. The van der Waals surface area contributed by atoms with Crippen molar-refractivity contribution in [3.63, 3.8) is 0 Å². The van der Waals surface area contributed by atoms with Gasteiger partial charge in [0.1, 0.15) is 0 Å². The van der Waals surface area contributed by atoms with Crippen molar-refractivity contribution in [3.05, 3.63) is 47.5 Å². The van der Waals surface area contributed by atoms with Crippen LogP contribution in [0.25, 0.3) is 17.1 Å². The summed E-state index contributed by atoms with van der Waals surface area (Å²) in [7, 11) is 0. The van der Waals surface area contributed by atoms with Crippen LogP contribution in [0.5, 0.6) is 0 Å². The van der Waals surface area contributed by atoms with Crippen LogP contribution < -0.4 is 5.73 Å². The van der Waals surface area contributed by atoms with E-state index in [9.17, 15) is 0 Å². The van der Waals surface area contributed by atoms with E-state index >= 15 is 0 Å². The molecule has 1 aliphatic carbocycles. The van der Waals surface area contributed by atoms with Gasteiger partial charge >= 0.3 is 0 Å². The lowest BCUT2D eigenvalue weighted by Gasteiger charge is -2.17. The van der Waals surface area contributed by atoms with E-state index in [2.05, 4.69) is 15.2 Å². The van der Waals surface area contributed by atoms with Crippen LogP contribution in [-0.2, 0) is 5.54 Å². The molecule has 0 spiro atoms. The van der Waals surface area contributed by atoms with E-state index in [1.807, 2.05) is 30.5 Å². The van der Waals surface area contributed by atoms with E-state index in [0.29, 0.717) is 16.7 Å². The van der Waals surface area contributed by atoms with Gasteiger partial charge in [0.25, 0.3) is 5.89 Å². The smallest absolute Gasteiger partial charge is 0.261 e. The number of nitrogens with zero attached hydrogens (tertiary/aromatic N) is 4. The van der Waals surface area contributed by atoms with Gasteiger partial charge in [-0.3, -0.25) is 0 Å². The topological polar surface area (TPSA) is 82.8 Å². The van der Waals surface area contributed by atoms with Crippen molar-refractivity contribution < 1.29 is 4.52 Å². The van der Waals surface area contributed by atoms with E-state index in [1.54, 1.807) is 10.9 Å². The molecule has 126 valence electrons. The van der Waals surface area contributed by atoms with Gasteiger partial charge in [0.2, 0.25) is 0 Å². The summed E-state index contributed by atoms with van der Waals surface area (Å²) in [4.78, 5) is 4.48. The molecule has 1 aromatic carbocycles. The third-order valence-corrected chi connectivity index (χ3v) is 4.54. The number of nitrogens with two attached hydrogens (primary N) is 1. The van der Waals surface area contributed by atoms with Gasteiger partial charge in [-0.2, -0.15) is 10.1 Å². The summed E-state index contributed by atoms with van der Waals surface area (Å²) in [6.45, 7) is 0. The first kappa shape index (κ1) is 17.0. The summed E-state index contributed by atoms with van der Waals surface area (Å²) in [6.07, 6.45) is 7.55. The molecule has 4 rings (SSSR count). The Morgan fingerprint density at radius 2 is 1.88 bits per heavy atom. The van der Waals surface area contributed by atoms with Crippen molar-refractivity contribution in [2.45, 2.75) is 31.2 Å². The van der Waals surface area contributed by atoms with Gasteiger partial charge in [0.05, 0.1) is 23.0 Å². The van der Waals surface area contributed by atoms with Crippen LogP contribution in [-0.4, -0.2) is 19.9 Å². The highest BCUT2D eigenvalue weighted by Crippen LogP contribution is 2.35. The van der Waals surface area contributed by atoms with Gasteiger partial charge in [0, 0.05) is 11.2 Å². The van der Waals surface area contributed by atoms with Gasteiger partial charge < -0.3 is 10.3 Å². The van der Waals surface area contributed by atoms with E-state index < -0.39 is 5.54 Å². The van der Waals surface area contributed by atoms with Crippen LogP contribution in [0.1, 0.15) is 31.5 Å². The lowest BCUT2D eigenvalue weighted by Crippen LogP contribution is -2.34. The molecule has 0 amide bonds. The monoisotopic (exact) mass is 365 g/mol. The predicted molar refractivity (Wildman–Crippen MR) is 93.4 cm³/mol. The summed E-state index contributed by atoms with van der Waals surface area (Å²) in [5.41, 5.74) is 7.59. The Hall–Kier alpha value is -1.89. The fraction of sp³-hybridized carbons (Fsp3) is 0.312. The minimum absolute atomic E-state index is 0. The highest BCUT2D eigenvalue weighted by atomic mass is 35.5. The van der Waals surface area contributed by atoms with Crippen LogP contribution in [0.15, 0.2) is 41.2 Å². The second kappa shape index (κ2) is 6.55. The first-order valence-electron chi connectivity index (χ1n) is 7.58. The summed E-state index contributed by atoms with van der Waals surface area (Å²) in [5.74, 6) is 1.03. The van der Waals surface area contributed by atoms with Crippen molar-refractivity contribution in [1.29, 1.82) is 0 Å². The summed E-state index contributed by atoms with van der Waals surface area (Å²) >= 11 is 5.90. The number of hydrogen-bond acceptors (Lipinski definition) is 5. The molecule has 0 atom stereocenters. The third-order valence-electron chi connectivity index (χ3n) is 4.29. The van der Waals surface area contributed by atoms with Crippen molar-refractivity contribution in [1.82, 2.24) is 19.9 Å². The zero-order chi connectivity index (χ0) is 15.9. The molecule has 1 saturated carbocycles. The van der Waals surface area contributed by atoms with Gasteiger partial charge in [-0.1, -0.05) is 29.6 Å². The quantitative estimate of drug-likeness (QED) is 0.764. The molecule has 2 aromatic heterocycles. The molecular formula is C16H17Cl2N5O. The average molecular weight is 366 g/mol. The minimum Gasteiger partial charge on any atom is -0.334 e. The first-order chi connectivity index (χ1) is 11.1. The summed E-state index contributed by atoms with van der Waals surface area (Å²) < 4.78 is 7.12. The third kappa shape index (κ3) is 3.05. The molecule has 24 heavy (non-hydrogen) atoms. The maximum absolute atomic E-state index is 6.36. The van der Waals surface area contributed by atoms with Crippen molar-refractivity contribution >= 4 is 24.0 Å². The van der Waals surface area contributed by atoms with Crippen molar-refractivity contribution in [2.75, 3.05) is 0 Å². The average Bonchev–Trinajstić information content (AvgIpc) is 3.28. The number of halogens is 2.